The van der Waals surface area contributed by atoms with Crippen molar-refractivity contribution in [2.45, 2.75) is 6.42 Å². The molecule has 1 aliphatic heterocycles. The van der Waals surface area contributed by atoms with Crippen molar-refractivity contribution >= 4 is 5.84 Å². The molecule has 1 heterocycles. The molecule has 1 aliphatic rings. The molecule has 3 heteroatoms. The number of nitrogen functional groups attached to an aromatic ring is 1. The van der Waals surface area contributed by atoms with E-state index < -0.39 is 0 Å². The third-order valence-electron chi connectivity index (χ3n) is 2.95. The summed E-state index contributed by atoms with van der Waals surface area (Å²) >= 11 is 0. The summed E-state index contributed by atoms with van der Waals surface area (Å²) in [6.07, 6.45) is 0.826. The third-order valence-corrected chi connectivity index (χ3v) is 2.95. The van der Waals surface area contributed by atoms with Gasteiger partial charge in [0, 0.05) is 12.0 Å². The summed E-state index contributed by atoms with van der Waals surface area (Å²) in [7, 11) is 0. The molecular weight excluding hydrogens is 212 g/mol. The van der Waals surface area contributed by atoms with Crippen LogP contribution in [0, 0.1) is 5.41 Å². The molecule has 0 bridgehead atoms. The maximum atomic E-state index is 7.56. The summed E-state index contributed by atoms with van der Waals surface area (Å²) in [6, 6.07) is 13.7. The minimum absolute atomic E-state index is 0.0428. The Bertz CT molecular complexity index is 605. The third kappa shape index (κ3) is 1.56. The molecule has 17 heavy (non-hydrogen) atoms. The molecule has 0 aromatic heterocycles. The van der Waals surface area contributed by atoms with Gasteiger partial charge in [-0.1, -0.05) is 30.3 Å². The van der Waals surface area contributed by atoms with Crippen LogP contribution in [0.2, 0.25) is 0 Å². The van der Waals surface area contributed by atoms with Crippen LogP contribution < -0.4 is 10.5 Å². The monoisotopic (exact) mass is 224 g/mol. The zero-order valence-electron chi connectivity index (χ0n) is 9.23. The average Bonchev–Trinajstić information content (AvgIpc) is 2.35. The molecular formula is C14H12N2O. The Morgan fingerprint density at radius 3 is 2.65 bits per heavy atom. The second kappa shape index (κ2) is 3.63. The first kappa shape index (κ1) is 9.90. The van der Waals surface area contributed by atoms with Crippen LogP contribution in [0.15, 0.2) is 42.5 Å². The molecule has 0 saturated carbocycles. The molecule has 0 aliphatic carbocycles. The van der Waals surface area contributed by atoms with Crippen molar-refractivity contribution in [3.05, 3.63) is 59.2 Å². The minimum atomic E-state index is 0.0428. The van der Waals surface area contributed by atoms with Gasteiger partial charge >= 0.3 is 0 Å². The van der Waals surface area contributed by atoms with E-state index in [1.165, 1.54) is 5.56 Å². The SMILES string of the molecule is N=C(N)c1cccc2c1Oc1ccccc1C2. The normalized spacial score (nSPS) is 12.2. The van der Waals surface area contributed by atoms with Crippen molar-refractivity contribution in [2.24, 2.45) is 5.73 Å². The van der Waals surface area contributed by atoms with Crippen molar-refractivity contribution in [3.8, 4) is 11.5 Å². The molecule has 3 nitrogen and oxygen atoms in total. The number of rotatable bonds is 1. The number of hydrogen-bond acceptors (Lipinski definition) is 2. The summed E-state index contributed by atoms with van der Waals surface area (Å²) in [4.78, 5) is 0. The highest BCUT2D eigenvalue weighted by Gasteiger charge is 2.19. The van der Waals surface area contributed by atoms with Crippen molar-refractivity contribution in [1.29, 1.82) is 5.41 Å². The Morgan fingerprint density at radius 1 is 1.06 bits per heavy atom. The fraction of sp³-hybridized carbons (Fsp3) is 0.0714. The van der Waals surface area contributed by atoms with E-state index in [4.69, 9.17) is 15.9 Å². The summed E-state index contributed by atoms with van der Waals surface area (Å²) in [5.41, 5.74) is 8.47. The standard InChI is InChI=1S/C14H12N2O/c15-14(16)11-6-3-5-10-8-9-4-1-2-7-12(9)17-13(10)11/h1-7H,8H2,(H3,15,16). The fourth-order valence-corrected chi connectivity index (χ4v) is 2.12. The molecule has 0 radical (unpaired) electrons. The maximum Gasteiger partial charge on any atom is 0.141 e. The van der Waals surface area contributed by atoms with E-state index in [2.05, 4.69) is 6.07 Å². The fourth-order valence-electron chi connectivity index (χ4n) is 2.12. The quantitative estimate of drug-likeness (QED) is 0.493. The Morgan fingerprint density at radius 2 is 1.82 bits per heavy atom. The predicted molar refractivity (Wildman–Crippen MR) is 66.8 cm³/mol. The highest BCUT2D eigenvalue weighted by Crippen LogP contribution is 2.38. The van der Waals surface area contributed by atoms with E-state index in [-0.39, 0.29) is 5.84 Å². The molecule has 0 unspecified atom stereocenters. The molecule has 3 rings (SSSR count). The molecule has 0 amide bonds. The van der Waals surface area contributed by atoms with Crippen molar-refractivity contribution in [2.75, 3.05) is 0 Å². The summed E-state index contributed by atoms with van der Waals surface area (Å²) in [5, 5.41) is 7.56. The van der Waals surface area contributed by atoms with Crippen LogP contribution in [0.1, 0.15) is 16.7 Å². The zero-order chi connectivity index (χ0) is 11.8. The van der Waals surface area contributed by atoms with Gasteiger partial charge in [0.15, 0.2) is 0 Å². The van der Waals surface area contributed by atoms with Gasteiger partial charge in [-0.05, 0) is 17.7 Å². The second-order valence-corrected chi connectivity index (χ2v) is 4.09. The number of hydrogen-bond donors (Lipinski definition) is 2. The Labute approximate surface area is 99.4 Å². The predicted octanol–water partition coefficient (Wildman–Crippen LogP) is 2.67. The van der Waals surface area contributed by atoms with Crippen molar-refractivity contribution in [1.82, 2.24) is 0 Å². The van der Waals surface area contributed by atoms with E-state index in [1.54, 1.807) is 0 Å². The van der Waals surface area contributed by atoms with Crippen LogP contribution in [0.4, 0.5) is 0 Å². The van der Waals surface area contributed by atoms with Gasteiger partial charge in [-0.3, -0.25) is 5.41 Å². The first-order chi connectivity index (χ1) is 8.25. The Balaban J connectivity index is 2.15. The highest BCUT2D eigenvalue weighted by atomic mass is 16.5. The van der Waals surface area contributed by atoms with Gasteiger partial charge in [0.25, 0.3) is 0 Å². The molecule has 0 fully saturated rings. The van der Waals surface area contributed by atoms with E-state index in [1.807, 2.05) is 36.4 Å². The molecule has 0 atom stereocenters. The van der Waals surface area contributed by atoms with Gasteiger partial charge in [-0.25, -0.2) is 0 Å². The minimum Gasteiger partial charge on any atom is -0.456 e. The number of fused-ring (bicyclic) bond motifs is 2. The van der Waals surface area contributed by atoms with Gasteiger partial charge in [-0.2, -0.15) is 0 Å². The molecule has 84 valence electrons. The first-order valence-corrected chi connectivity index (χ1v) is 5.48. The van der Waals surface area contributed by atoms with Crippen LogP contribution in [0.3, 0.4) is 0 Å². The number of ether oxygens (including phenoxy) is 1. The summed E-state index contributed by atoms with van der Waals surface area (Å²) in [5.74, 6) is 1.62. The average molecular weight is 224 g/mol. The largest absolute Gasteiger partial charge is 0.456 e. The molecule has 0 spiro atoms. The Hall–Kier alpha value is -2.29. The van der Waals surface area contributed by atoms with E-state index in [0.717, 1.165) is 23.5 Å². The zero-order valence-corrected chi connectivity index (χ0v) is 9.23. The van der Waals surface area contributed by atoms with E-state index in [0.29, 0.717) is 5.56 Å². The highest BCUT2D eigenvalue weighted by molar-refractivity contribution is 5.98. The second-order valence-electron chi connectivity index (χ2n) is 4.09. The van der Waals surface area contributed by atoms with Crippen LogP contribution in [0.5, 0.6) is 11.5 Å². The number of nitrogens with one attached hydrogen (secondary N) is 1. The number of amidine groups is 1. The number of nitrogens with two attached hydrogens (primary N) is 1. The van der Waals surface area contributed by atoms with Gasteiger partial charge in [0.05, 0.1) is 5.56 Å². The first-order valence-electron chi connectivity index (χ1n) is 5.48. The molecule has 2 aromatic carbocycles. The van der Waals surface area contributed by atoms with E-state index >= 15 is 0 Å². The summed E-state index contributed by atoms with van der Waals surface area (Å²) < 4.78 is 5.85. The molecule has 2 aromatic rings. The smallest absolute Gasteiger partial charge is 0.141 e. The maximum absolute atomic E-state index is 7.56. The molecule has 0 saturated heterocycles. The lowest BCUT2D eigenvalue weighted by Gasteiger charge is -2.22. The van der Waals surface area contributed by atoms with Gasteiger partial charge in [0.1, 0.15) is 17.3 Å². The number of benzene rings is 2. The van der Waals surface area contributed by atoms with Crippen molar-refractivity contribution < 1.29 is 4.74 Å². The lowest BCUT2D eigenvalue weighted by Crippen LogP contribution is -2.15. The van der Waals surface area contributed by atoms with Crippen LogP contribution in [-0.4, -0.2) is 5.84 Å². The van der Waals surface area contributed by atoms with Crippen LogP contribution in [0.25, 0.3) is 0 Å². The van der Waals surface area contributed by atoms with Gasteiger partial charge in [-0.15, -0.1) is 0 Å². The Kier molecular flexibility index (Phi) is 2.11. The summed E-state index contributed by atoms with van der Waals surface area (Å²) in [6.45, 7) is 0. The van der Waals surface area contributed by atoms with Gasteiger partial charge in [0.2, 0.25) is 0 Å². The lowest BCUT2D eigenvalue weighted by molar-refractivity contribution is 0.459. The molecule has 3 N–H and O–H groups in total. The number of para-hydroxylation sites is 2. The topological polar surface area (TPSA) is 59.1 Å². The lowest BCUT2D eigenvalue weighted by atomic mass is 9.97. The van der Waals surface area contributed by atoms with Crippen LogP contribution in [-0.2, 0) is 6.42 Å². The van der Waals surface area contributed by atoms with E-state index in [9.17, 15) is 0 Å². The van der Waals surface area contributed by atoms with Crippen LogP contribution >= 0.6 is 0 Å². The van der Waals surface area contributed by atoms with Crippen molar-refractivity contribution in [3.63, 3.8) is 0 Å². The van der Waals surface area contributed by atoms with Gasteiger partial charge < -0.3 is 10.5 Å².